The number of benzene rings is 4. The Labute approximate surface area is 270 Å². The summed E-state index contributed by atoms with van der Waals surface area (Å²) in [7, 11) is -2.73. The van der Waals surface area contributed by atoms with E-state index >= 15 is 0 Å². The minimum absolute atomic E-state index is 0.0337. The van der Waals surface area contributed by atoms with Crippen LogP contribution in [0.1, 0.15) is 30.5 Å². The second-order valence-electron chi connectivity index (χ2n) is 11.0. The Hall–Kier alpha value is -4.34. The van der Waals surface area contributed by atoms with Crippen LogP contribution in [0.2, 0.25) is 5.02 Å². The lowest BCUT2D eigenvalue weighted by molar-refractivity contribution is -0.140. The molecule has 0 saturated heterocycles. The molecule has 45 heavy (non-hydrogen) atoms. The van der Waals surface area contributed by atoms with Crippen LogP contribution in [0.5, 0.6) is 5.75 Å². The van der Waals surface area contributed by atoms with Gasteiger partial charge in [-0.05, 0) is 68.3 Å². The van der Waals surface area contributed by atoms with Gasteiger partial charge in [-0.15, -0.1) is 0 Å². The van der Waals surface area contributed by atoms with Gasteiger partial charge in [-0.2, -0.15) is 0 Å². The maximum atomic E-state index is 14.5. The van der Waals surface area contributed by atoms with Crippen molar-refractivity contribution >= 4 is 39.1 Å². The predicted molar refractivity (Wildman–Crippen MR) is 178 cm³/mol. The first kappa shape index (κ1) is 33.6. The largest absolute Gasteiger partial charge is 0.497 e. The van der Waals surface area contributed by atoms with Crippen molar-refractivity contribution in [2.75, 3.05) is 18.0 Å². The number of sulfonamides is 1. The summed E-state index contributed by atoms with van der Waals surface area (Å²) in [6.45, 7) is 5.05. The van der Waals surface area contributed by atoms with Gasteiger partial charge in [0, 0.05) is 30.1 Å². The van der Waals surface area contributed by atoms with E-state index in [0.29, 0.717) is 10.8 Å². The van der Waals surface area contributed by atoms with Crippen LogP contribution in [0.25, 0.3) is 0 Å². The standard InChI is InChI=1S/C35H38ClN3O5S/c1-25(2)37-35(41)33(21-27-9-6-5-7-10-27)38(23-28-15-17-29(36)18-16-28)34(40)24-39(30-11-8-12-31(22-30)44-4)45(42,43)32-19-13-26(3)14-20-32/h5-20,22,25,33H,21,23-24H2,1-4H3,(H,37,41)/t33-/m1/s1. The van der Waals surface area contributed by atoms with Gasteiger partial charge in [-0.25, -0.2) is 8.42 Å². The third-order valence-electron chi connectivity index (χ3n) is 7.20. The van der Waals surface area contributed by atoms with Gasteiger partial charge in [-0.3, -0.25) is 13.9 Å². The fourth-order valence-electron chi connectivity index (χ4n) is 4.85. The first-order chi connectivity index (χ1) is 21.5. The summed E-state index contributed by atoms with van der Waals surface area (Å²) in [6, 6.07) is 28.3. The molecule has 0 bridgehead atoms. The predicted octanol–water partition coefficient (Wildman–Crippen LogP) is 6.02. The highest BCUT2D eigenvalue weighted by Crippen LogP contribution is 2.28. The van der Waals surface area contributed by atoms with E-state index < -0.39 is 28.5 Å². The monoisotopic (exact) mass is 647 g/mol. The molecule has 2 amide bonds. The number of aryl methyl sites for hydroxylation is 1. The van der Waals surface area contributed by atoms with Crippen molar-refractivity contribution in [1.29, 1.82) is 0 Å². The third-order valence-corrected chi connectivity index (χ3v) is 9.24. The van der Waals surface area contributed by atoms with E-state index in [4.69, 9.17) is 16.3 Å². The smallest absolute Gasteiger partial charge is 0.264 e. The van der Waals surface area contributed by atoms with Crippen molar-refractivity contribution in [3.8, 4) is 5.75 Å². The van der Waals surface area contributed by atoms with E-state index in [0.717, 1.165) is 21.0 Å². The lowest BCUT2D eigenvalue weighted by atomic mass is 10.0. The van der Waals surface area contributed by atoms with Crippen LogP contribution in [0.3, 0.4) is 0 Å². The van der Waals surface area contributed by atoms with Crippen LogP contribution < -0.4 is 14.4 Å². The number of amides is 2. The lowest BCUT2D eigenvalue weighted by Gasteiger charge is -2.34. The number of ether oxygens (including phenoxy) is 1. The van der Waals surface area contributed by atoms with E-state index in [2.05, 4.69) is 5.32 Å². The normalized spacial score (nSPS) is 12.0. The number of nitrogens with zero attached hydrogens (tertiary/aromatic N) is 2. The first-order valence-corrected chi connectivity index (χ1v) is 16.4. The number of carbonyl (C=O) groups is 2. The van der Waals surface area contributed by atoms with Crippen LogP contribution in [-0.2, 0) is 32.6 Å². The Morgan fingerprint density at radius 2 is 1.53 bits per heavy atom. The number of methoxy groups -OCH3 is 1. The zero-order chi connectivity index (χ0) is 32.6. The van der Waals surface area contributed by atoms with E-state index in [9.17, 15) is 18.0 Å². The number of nitrogens with one attached hydrogen (secondary N) is 1. The van der Waals surface area contributed by atoms with Crippen molar-refractivity contribution in [3.05, 3.63) is 125 Å². The zero-order valence-corrected chi connectivity index (χ0v) is 27.4. The molecule has 0 spiro atoms. The van der Waals surface area contributed by atoms with Gasteiger partial charge < -0.3 is 15.0 Å². The number of halogens is 1. The molecule has 1 N–H and O–H groups in total. The SMILES string of the molecule is COc1cccc(N(CC(=O)N(Cc2ccc(Cl)cc2)[C@H](Cc2ccccc2)C(=O)NC(C)C)S(=O)(=O)c2ccc(C)cc2)c1. The number of carbonyl (C=O) groups excluding carboxylic acids is 2. The minimum Gasteiger partial charge on any atom is -0.497 e. The Bertz CT molecular complexity index is 1700. The molecule has 4 aromatic carbocycles. The van der Waals surface area contributed by atoms with Crippen LogP contribution in [0, 0.1) is 6.92 Å². The summed E-state index contributed by atoms with van der Waals surface area (Å²) < 4.78 is 34.8. The number of rotatable bonds is 13. The summed E-state index contributed by atoms with van der Waals surface area (Å²) in [5, 5.41) is 3.48. The van der Waals surface area contributed by atoms with E-state index in [1.165, 1.54) is 24.1 Å². The molecular weight excluding hydrogens is 610 g/mol. The highest BCUT2D eigenvalue weighted by molar-refractivity contribution is 7.92. The lowest BCUT2D eigenvalue weighted by Crippen LogP contribution is -2.54. The van der Waals surface area contributed by atoms with Gasteiger partial charge >= 0.3 is 0 Å². The Morgan fingerprint density at radius 3 is 2.16 bits per heavy atom. The maximum Gasteiger partial charge on any atom is 0.264 e. The molecule has 0 aromatic heterocycles. The maximum absolute atomic E-state index is 14.5. The molecule has 0 fully saturated rings. The molecule has 8 nitrogen and oxygen atoms in total. The summed E-state index contributed by atoms with van der Waals surface area (Å²) in [5.74, 6) is -0.464. The molecule has 0 saturated carbocycles. The third kappa shape index (κ3) is 8.86. The molecule has 0 heterocycles. The summed E-state index contributed by atoms with van der Waals surface area (Å²) in [4.78, 5) is 29.7. The molecule has 1 atom stereocenters. The van der Waals surface area contributed by atoms with E-state index in [1.807, 2.05) is 51.1 Å². The van der Waals surface area contributed by atoms with Crippen molar-refractivity contribution in [2.24, 2.45) is 0 Å². The fraction of sp³-hybridized carbons (Fsp3) is 0.257. The highest BCUT2D eigenvalue weighted by Gasteiger charge is 2.35. The van der Waals surface area contributed by atoms with Crippen LogP contribution in [0.4, 0.5) is 5.69 Å². The Kier molecular flexibility index (Phi) is 11.3. The molecule has 0 radical (unpaired) electrons. The number of hydrogen-bond donors (Lipinski definition) is 1. The van der Waals surface area contributed by atoms with E-state index in [1.54, 1.807) is 60.7 Å². The second kappa shape index (κ2) is 15.1. The van der Waals surface area contributed by atoms with Crippen LogP contribution in [0.15, 0.2) is 108 Å². The molecule has 4 aromatic rings. The molecular formula is C35H38ClN3O5S. The van der Waals surface area contributed by atoms with Crippen molar-refractivity contribution < 1.29 is 22.7 Å². The van der Waals surface area contributed by atoms with Crippen LogP contribution in [-0.4, -0.2) is 50.9 Å². The zero-order valence-electron chi connectivity index (χ0n) is 25.8. The van der Waals surface area contributed by atoms with Crippen LogP contribution >= 0.6 is 11.6 Å². The summed E-state index contributed by atoms with van der Waals surface area (Å²) >= 11 is 6.14. The van der Waals surface area contributed by atoms with Gasteiger partial charge in [0.2, 0.25) is 11.8 Å². The molecule has 0 aliphatic heterocycles. The number of anilines is 1. The highest BCUT2D eigenvalue weighted by atomic mass is 35.5. The van der Waals surface area contributed by atoms with Gasteiger partial charge in [-0.1, -0.05) is 77.8 Å². The average molecular weight is 648 g/mol. The molecule has 0 aliphatic rings. The average Bonchev–Trinajstić information content (AvgIpc) is 3.02. The molecule has 0 unspecified atom stereocenters. The molecule has 4 rings (SSSR count). The second-order valence-corrected chi connectivity index (χ2v) is 13.3. The van der Waals surface area contributed by atoms with Crippen molar-refractivity contribution in [2.45, 2.75) is 50.7 Å². The molecule has 10 heteroatoms. The Balaban J connectivity index is 1.81. The first-order valence-electron chi connectivity index (χ1n) is 14.6. The molecule has 0 aliphatic carbocycles. The Morgan fingerprint density at radius 1 is 0.867 bits per heavy atom. The quantitative estimate of drug-likeness (QED) is 0.192. The van der Waals surface area contributed by atoms with Crippen molar-refractivity contribution in [1.82, 2.24) is 10.2 Å². The summed E-state index contributed by atoms with van der Waals surface area (Å²) in [5.41, 5.74) is 2.73. The minimum atomic E-state index is -4.21. The van der Waals surface area contributed by atoms with Gasteiger partial charge in [0.25, 0.3) is 10.0 Å². The summed E-state index contributed by atoms with van der Waals surface area (Å²) in [6.07, 6.45) is 0.225. The van der Waals surface area contributed by atoms with E-state index in [-0.39, 0.29) is 35.5 Å². The molecule has 236 valence electrons. The van der Waals surface area contributed by atoms with Gasteiger partial charge in [0.05, 0.1) is 17.7 Å². The fourth-order valence-corrected chi connectivity index (χ4v) is 6.38. The van der Waals surface area contributed by atoms with Gasteiger partial charge in [0.15, 0.2) is 0 Å². The van der Waals surface area contributed by atoms with Gasteiger partial charge in [0.1, 0.15) is 18.3 Å². The topological polar surface area (TPSA) is 96.0 Å². The number of hydrogen-bond acceptors (Lipinski definition) is 5. The van der Waals surface area contributed by atoms with Crippen molar-refractivity contribution in [3.63, 3.8) is 0 Å².